The molecule has 0 aromatic heterocycles. The van der Waals surface area contributed by atoms with Gasteiger partial charge in [0.15, 0.2) is 0 Å². The molecule has 0 fully saturated rings. The van der Waals surface area contributed by atoms with Crippen LogP contribution in [0.5, 0.6) is 0 Å². The second-order valence-electron chi connectivity index (χ2n) is 4.58. The molecule has 1 aliphatic carbocycles. The summed E-state index contributed by atoms with van der Waals surface area (Å²) in [5, 5.41) is 2.72. The first-order valence-corrected chi connectivity index (χ1v) is 5.72. The van der Waals surface area contributed by atoms with E-state index in [4.69, 9.17) is 5.73 Å². The summed E-state index contributed by atoms with van der Waals surface area (Å²) in [6, 6.07) is 11.0. The second-order valence-corrected chi connectivity index (χ2v) is 4.58. The Kier molecular flexibility index (Phi) is 2.00. The number of hydrogen-bond acceptors (Lipinski definition) is 1. The van der Waals surface area contributed by atoms with Gasteiger partial charge in [0, 0.05) is 5.70 Å². The van der Waals surface area contributed by atoms with Crippen molar-refractivity contribution in [3.05, 3.63) is 52.7 Å². The number of allylic oxidation sites excluding steroid dienone is 1. The molecule has 2 N–H and O–H groups in total. The molecule has 0 aliphatic heterocycles. The SMILES string of the molecule is Cc1ccc2c3c(ccc2c1)C=C(N)CC3. The maximum atomic E-state index is 5.88. The van der Waals surface area contributed by atoms with Crippen molar-refractivity contribution >= 4 is 16.8 Å². The van der Waals surface area contributed by atoms with E-state index in [0.29, 0.717) is 0 Å². The number of rotatable bonds is 0. The van der Waals surface area contributed by atoms with Crippen molar-refractivity contribution in [1.82, 2.24) is 0 Å². The Hall–Kier alpha value is -1.76. The maximum Gasteiger partial charge on any atom is 0.00899 e. The fourth-order valence-corrected chi connectivity index (χ4v) is 2.49. The highest BCUT2D eigenvalue weighted by molar-refractivity contribution is 5.90. The monoisotopic (exact) mass is 209 g/mol. The molecular weight excluding hydrogens is 194 g/mol. The van der Waals surface area contributed by atoms with Crippen LogP contribution in [0.15, 0.2) is 36.0 Å². The van der Waals surface area contributed by atoms with E-state index in [1.807, 2.05) is 0 Å². The van der Waals surface area contributed by atoms with Crippen LogP contribution < -0.4 is 5.73 Å². The highest BCUT2D eigenvalue weighted by Gasteiger charge is 2.11. The Morgan fingerprint density at radius 3 is 2.81 bits per heavy atom. The number of nitrogens with two attached hydrogens (primary N) is 1. The van der Waals surface area contributed by atoms with E-state index in [9.17, 15) is 0 Å². The zero-order chi connectivity index (χ0) is 11.1. The standard InChI is InChI=1S/C15H15N/c1-10-2-6-14-11(8-10)3-4-12-9-13(16)5-7-15(12)14/h2-4,6,8-9H,5,7,16H2,1H3. The third-order valence-electron chi connectivity index (χ3n) is 3.33. The Labute approximate surface area is 95.6 Å². The summed E-state index contributed by atoms with van der Waals surface area (Å²) in [6.07, 6.45) is 4.16. The van der Waals surface area contributed by atoms with Gasteiger partial charge in [0.25, 0.3) is 0 Å². The summed E-state index contributed by atoms with van der Waals surface area (Å²) in [7, 11) is 0. The first kappa shape index (κ1) is 9.46. The molecule has 16 heavy (non-hydrogen) atoms. The summed E-state index contributed by atoms with van der Waals surface area (Å²) in [6.45, 7) is 2.14. The summed E-state index contributed by atoms with van der Waals surface area (Å²) in [4.78, 5) is 0. The lowest BCUT2D eigenvalue weighted by Crippen LogP contribution is -2.06. The number of benzene rings is 2. The Morgan fingerprint density at radius 2 is 1.94 bits per heavy atom. The van der Waals surface area contributed by atoms with Crippen LogP contribution in [-0.2, 0) is 6.42 Å². The average molecular weight is 209 g/mol. The van der Waals surface area contributed by atoms with E-state index in [2.05, 4.69) is 43.3 Å². The fraction of sp³-hybridized carbons (Fsp3) is 0.200. The van der Waals surface area contributed by atoms with E-state index in [-0.39, 0.29) is 0 Å². The lowest BCUT2D eigenvalue weighted by atomic mass is 9.90. The molecule has 2 aromatic rings. The van der Waals surface area contributed by atoms with Crippen molar-refractivity contribution in [1.29, 1.82) is 0 Å². The van der Waals surface area contributed by atoms with Gasteiger partial charge in [-0.15, -0.1) is 0 Å². The maximum absolute atomic E-state index is 5.88. The normalized spacial score (nSPS) is 14.7. The van der Waals surface area contributed by atoms with Gasteiger partial charge >= 0.3 is 0 Å². The molecule has 2 aromatic carbocycles. The molecule has 0 heterocycles. The van der Waals surface area contributed by atoms with Gasteiger partial charge in [-0.3, -0.25) is 0 Å². The molecule has 0 atom stereocenters. The van der Waals surface area contributed by atoms with Gasteiger partial charge in [-0.05, 0) is 47.7 Å². The van der Waals surface area contributed by atoms with Gasteiger partial charge in [-0.25, -0.2) is 0 Å². The molecular formula is C15H15N. The molecule has 1 nitrogen and oxygen atoms in total. The van der Waals surface area contributed by atoms with Crippen LogP contribution in [-0.4, -0.2) is 0 Å². The van der Waals surface area contributed by atoms with Crippen LogP contribution in [0.2, 0.25) is 0 Å². The van der Waals surface area contributed by atoms with Gasteiger partial charge in [-0.2, -0.15) is 0 Å². The lowest BCUT2D eigenvalue weighted by molar-refractivity contribution is 0.922. The average Bonchev–Trinajstić information content (AvgIpc) is 2.28. The first-order valence-electron chi connectivity index (χ1n) is 5.72. The van der Waals surface area contributed by atoms with Crippen molar-refractivity contribution < 1.29 is 0 Å². The van der Waals surface area contributed by atoms with Gasteiger partial charge in [0.2, 0.25) is 0 Å². The van der Waals surface area contributed by atoms with Crippen molar-refractivity contribution in [2.45, 2.75) is 19.8 Å². The molecule has 1 heteroatoms. The zero-order valence-electron chi connectivity index (χ0n) is 9.46. The largest absolute Gasteiger partial charge is 0.402 e. The van der Waals surface area contributed by atoms with Gasteiger partial charge in [0.1, 0.15) is 0 Å². The van der Waals surface area contributed by atoms with Crippen molar-refractivity contribution in [3.8, 4) is 0 Å². The molecule has 0 bridgehead atoms. The van der Waals surface area contributed by atoms with Crippen LogP contribution >= 0.6 is 0 Å². The molecule has 0 saturated carbocycles. The van der Waals surface area contributed by atoms with Gasteiger partial charge < -0.3 is 5.73 Å². The van der Waals surface area contributed by atoms with E-state index < -0.39 is 0 Å². The van der Waals surface area contributed by atoms with Crippen LogP contribution in [0.1, 0.15) is 23.1 Å². The summed E-state index contributed by atoms with van der Waals surface area (Å²) < 4.78 is 0. The Balaban J connectivity index is 2.33. The molecule has 0 spiro atoms. The van der Waals surface area contributed by atoms with E-state index in [1.54, 1.807) is 0 Å². The van der Waals surface area contributed by atoms with Crippen LogP contribution in [0, 0.1) is 6.92 Å². The second kappa shape index (κ2) is 3.38. The van der Waals surface area contributed by atoms with Gasteiger partial charge in [0.05, 0.1) is 0 Å². The fourth-order valence-electron chi connectivity index (χ4n) is 2.49. The van der Waals surface area contributed by atoms with Crippen molar-refractivity contribution in [2.75, 3.05) is 0 Å². The minimum Gasteiger partial charge on any atom is -0.402 e. The summed E-state index contributed by atoms with van der Waals surface area (Å²) in [5.74, 6) is 0. The summed E-state index contributed by atoms with van der Waals surface area (Å²) >= 11 is 0. The predicted molar refractivity (Wildman–Crippen MR) is 69.2 cm³/mol. The smallest absolute Gasteiger partial charge is 0.00899 e. The van der Waals surface area contributed by atoms with E-state index >= 15 is 0 Å². The molecule has 0 amide bonds. The molecule has 3 rings (SSSR count). The predicted octanol–water partition coefficient (Wildman–Crippen LogP) is 3.39. The van der Waals surface area contributed by atoms with E-state index in [0.717, 1.165) is 18.5 Å². The molecule has 0 saturated heterocycles. The van der Waals surface area contributed by atoms with Crippen LogP contribution in [0.3, 0.4) is 0 Å². The van der Waals surface area contributed by atoms with Crippen LogP contribution in [0.25, 0.3) is 16.8 Å². The first-order chi connectivity index (χ1) is 7.74. The molecule has 1 aliphatic rings. The number of fused-ring (bicyclic) bond motifs is 3. The Morgan fingerprint density at radius 1 is 1.06 bits per heavy atom. The quantitative estimate of drug-likeness (QED) is 0.707. The number of aryl methyl sites for hydroxylation is 2. The third-order valence-corrected chi connectivity index (χ3v) is 3.33. The highest BCUT2D eigenvalue weighted by atomic mass is 14.6. The zero-order valence-corrected chi connectivity index (χ0v) is 9.46. The molecule has 80 valence electrons. The minimum absolute atomic E-state index is 0.986. The summed E-state index contributed by atoms with van der Waals surface area (Å²) in [5.41, 5.74) is 10.9. The minimum atomic E-state index is 0.986. The molecule has 0 unspecified atom stereocenters. The van der Waals surface area contributed by atoms with E-state index in [1.165, 1.54) is 27.5 Å². The topological polar surface area (TPSA) is 26.0 Å². The molecule has 0 radical (unpaired) electrons. The number of hydrogen-bond donors (Lipinski definition) is 1. The third kappa shape index (κ3) is 1.40. The van der Waals surface area contributed by atoms with Crippen molar-refractivity contribution in [2.24, 2.45) is 5.73 Å². The highest BCUT2D eigenvalue weighted by Crippen LogP contribution is 2.29. The van der Waals surface area contributed by atoms with Crippen LogP contribution in [0.4, 0.5) is 0 Å². The van der Waals surface area contributed by atoms with Crippen molar-refractivity contribution in [3.63, 3.8) is 0 Å². The van der Waals surface area contributed by atoms with Gasteiger partial charge in [-0.1, -0.05) is 35.9 Å². The lowest BCUT2D eigenvalue weighted by Gasteiger charge is -2.16. The Bertz CT molecular complexity index is 594.